The average Bonchev–Trinajstić information content (AvgIpc) is 2.34. The Bertz CT molecular complexity index is 343. The Balaban J connectivity index is 0. The Morgan fingerprint density at radius 2 is 1.50 bits per heavy atom. The quantitative estimate of drug-likeness (QED) is 0.271. The summed E-state index contributed by atoms with van der Waals surface area (Å²) < 4.78 is 35.4. The van der Waals surface area contributed by atoms with Crippen molar-refractivity contribution in [1.29, 1.82) is 0 Å². The first-order chi connectivity index (χ1) is 8.93. The van der Waals surface area contributed by atoms with E-state index in [0.717, 1.165) is 26.4 Å². The van der Waals surface area contributed by atoms with E-state index in [-0.39, 0.29) is 57.8 Å². The number of hydrogen-bond donors (Lipinski definition) is 1. The summed E-state index contributed by atoms with van der Waals surface area (Å²) in [6, 6.07) is 0. The zero-order valence-corrected chi connectivity index (χ0v) is 12.7. The number of ether oxygens (including phenoxy) is 1. The van der Waals surface area contributed by atoms with E-state index in [1.54, 1.807) is 0 Å². The number of carbonyl (C=O) groups is 1. The number of esters is 1. The predicted molar refractivity (Wildman–Crippen MR) is 81.7 cm³/mol. The molecule has 116 valence electrons. The van der Waals surface area contributed by atoms with Crippen molar-refractivity contribution in [1.82, 2.24) is 0 Å². The van der Waals surface area contributed by atoms with Crippen LogP contribution in [-0.2, 0) is 19.6 Å². The van der Waals surface area contributed by atoms with E-state index in [2.05, 4.69) is 11.7 Å². The van der Waals surface area contributed by atoms with Gasteiger partial charge in [-0.2, -0.15) is 8.42 Å². The fourth-order valence-electron chi connectivity index (χ4n) is 1.98. The minimum atomic E-state index is -4.36. The summed E-state index contributed by atoms with van der Waals surface area (Å²) in [6.07, 6.45) is 8.68. The van der Waals surface area contributed by atoms with Gasteiger partial charge in [0.1, 0.15) is 0 Å². The molecule has 1 N–H and O–H groups in total. The molecule has 0 spiro atoms. The van der Waals surface area contributed by atoms with Crippen molar-refractivity contribution in [3.8, 4) is 0 Å². The predicted octanol–water partition coefficient (Wildman–Crippen LogP) is 2.30. The molecule has 0 radical (unpaired) electrons. The van der Waals surface area contributed by atoms with Gasteiger partial charge in [0.2, 0.25) is 0 Å². The summed E-state index contributed by atoms with van der Waals surface area (Å²) in [6.45, 7) is 2.17. The van der Waals surface area contributed by atoms with Gasteiger partial charge in [-0.25, -0.2) is 0 Å². The summed E-state index contributed by atoms with van der Waals surface area (Å²) in [7, 11) is -3.24. The first-order valence-corrected chi connectivity index (χ1v) is 8.48. The van der Waals surface area contributed by atoms with Crippen LogP contribution in [0, 0.1) is 0 Å². The molecule has 0 aromatic heterocycles. The van der Waals surface area contributed by atoms with Crippen LogP contribution >= 0.6 is 0 Å². The molecule has 0 aromatic rings. The molecule has 0 heterocycles. The molecule has 1 atom stereocenters. The zero-order valence-electron chi connectivity index (χ0n) is 11.9. The van der Waals surface area contributed by atoms with Crippen LogP contribution in [-0.4, -0.2) is 82.7 Å². The van der Waals surface area contributed by atoms with Crippen molar-refractivity contribution in [2.24, 2.45) is 0 Å². The Morgan fingerprint density at radius 1 is 1.05 bits per heavy atom. The van der Waals surface area contributed by atoms with Crippen molar-refractivity contribution >= 4 is 67.5 Å². The summed E-state index contributed by atoms with van der Waals surface area (Å²) in [5, 5.41) is -1.43. The number of hydrogen-bond acceptors (Lipinski definition) is 4. The normalized spacial score (nSPS) is 12.6. The molecular weight excluding hydrogens is 307 g/mol. The molecule has 0 aliphatic heterocycles. The average molecular weight is 335 g/mol. The summed E-state index contributed by atoms with van der Waals surface area (Å²) in [5.41, 5.74) is 0. The number of carbonyl (C=O) groups excluding carboxylic acids is 1. The molecule has 7 heteroatoms. The Kier molecular flexibility index (Phi) is 15.9. The SMILES string of the molecule is CCCCCCCCCCC(C(=O)OC)S(=O)(=O)O.[KH]. The van der Waals surface area contributed by atoms with Crippen LogP contribution < -0.4 is 0 Å². The fourth-order valence-corrected chi connectivity index (χ4v) is 2.79. The molecule has 0 rings (SSSR count). The van der Waals surface area contributed by atoms with E-state index in [4.69, 9.17) is 4.55 Å². The minimum absolute atomic E-state index is 0. The van der Waals surface area contributed by atoms with Gasteiger partial charge in [-0.15, -0.1) is 0 Å². The molecule has 0 amide bonds. The van der Waals surface area contributed by atoms with E-state index in [1.165, 1.54) is 25.7 Å². The summed E-state index contributed by atoms with van der Waals surface area (Å²) in [5.74, 6) is -0.884. The first kappa shape index (κ1) is 23.3. The number of methoxy groups -OCH3 is 1. The monoisotopic (exact) mass is 334 g/mol. The molecule has 0 saturated heterocycles. The van der Waals surface area contributed by atoms with Gasteiger partial charge in [0.15, 0.2) is 5.25 Å². The molecule has 5 nitrogen and oxygen atoms in total. The van der Waals surface area contributed by atoms with E-state index in [0.29, 0.717) is 6.42 Å². The first-order valence-electron chi connectivity index (χ1n) is 6.97. The molecule has 0 aromatic carbocycles. The van der Waals surface area contributed by atoms with Gasteiger partial charge in [-0.05, 0) is 6.42 Å². The van der Waals surface area contributed by atoms with Crippen molar-refractivity contribution in [3.63, 3.8) is 0 Å². The van der Waals surface area contributed by atoms with E-state index < -0.39 is 21.3 Å². The second-order valence-corrected chi connectivity index (χ2v) is 6.39. The van der Waals surface area contributed by atoms with Gasteiger partial charge >= 0.3 is 57.4 Å². The van der Waals surface area contributed by atoms with E-state index in [9.17, 15) is 13.2 Å². The standard InChI is InChI=1S/C13H26O5S.K.H/c1-3-4-5-6-7-8-9-10-11-12(13(14)18-2)19(15,16)17;;/h12H,3-11H2,1-2H3,(H,15,16,17);;. The van der Waals surface area contributed by atoms with Crippen molar-refractivity contribution in [3.05, 3.63) is 0 Å². The number of rotatable bonds is 11. The second-order valence-electron chi connectivity index (χ2n) is 4.79. The Labute approximate surface area is 165 Å². The van der Waals surface area contributed by atoms with Crippen LogP contribution in [0.4, 0.5) is 0 Å². The van der Waals surface area contributed by atoms with Crippen molar-refractivity contribution < 1.29 is 22.5 Å². The maximum atomic E-state index is 11.2. The second kappa shape index (κ2) is 13.7. The topological polar surface area (TPSA) is 80.7 Å². The third-order valence-corrected chi connectivity index (χ3v) is 4.29. The summed E-state index contributed by atoms with van der Waals surface area (Å²) >= 11 is 0. The molecule has 0 aliphatic rings. The van der Waals surface area contributed by atoms with Gasteiger partial charge in [0.25, 0.3) is 10.1 Å². The molecule has 0 bridgehead atoms. The van der Waals surface area contributed by atoms with Gasteiger partial charge in [-0.1, -0.05) is 58.3 Å². The molecule has 0 aliphatic carbocycles. The number of unbranched alkanes of at least 4 members (excludes halogenated alkanes) is 7. The van der Waals surface area contributed by atoms with E-state index >= 15 is 0 Å². The molecule has 20 heavy (non-hydrogen) atoms. The molecule has 0 fully saturated rings. The third kappa shape index (κ3) is 11.7. The van der Waals surface area contributed by atoms with Crippen LogP contribution in [0.15, 0.2) is 0 Å². The Hall–Kier alpha value is 1.02. The Morgan fingerprint density at radius 3 is 1.90 bits per heavy atom. The van der Waals surface area contributed by atoms with Crippen LogP contribution in [0.3, 0.4) is 0 Å². The van der Waals surface area contributed by atoms with Gasteiger partial charge in [-0.3, -0.25) is 9.35 Å². The van der Waals surface area contributed by atoms with Gasteiger partial charge in [0.05, 0.1) is 7.11 Å². The van der Waals surface area contributed by atoms with Crippen molar-refractivity contribution in [2.75, 3.05) is 7.11 Å². The van der Waals surface area contributed by atoms with Gasteiger partial charge < -0.3 is 4.74 Å². The van der Waals surface area contributed by atoms with Crippen LogP contribution in [0.2, 0.25) is 0 Å². The fraction of sp³-hybridized carbons (Fsp3) is 0.923. The van der Waals surface area contributed by atoms with Crippen molar-refractivity contribution in [2.45, 2.75) is 70.0 Å². The molecular formula is C13H27KO5S. The molecule has 1 unspecified atom stereocenters. The van der Waals surface area contributed by atoms with Crippen LogP contribution in [0.25, 0.3) is 0 Å². The summed E-state index contributed by atoms with van der Waals surface area (Å²) in [4.78, 5) is 11.2. The van der Waals surface area contributed by atoms with Crippen LogP contribution in [0.1, 0.15) is 64.7 Å². The molecule has 0 saturated carbocycles. The third-order valence-electron chi connectivity index (χ3n) is 3.14. The zero-order chi connectivity index (χ0) is 14.7. The van der Waals surface area contributed by atoms with Gasteiger partial charge in [0, 0.05) is 0 Å². The maximum absolute atomic E-state index is 11.2. The van der Waals surface area contributed by atoms with E-state index in [1.807, 2.05) is 0 Å². The van der Waals surface area contributed by atoms with Crippen LogP contribution in [0.5, 0.6) is 0 Å².